The van der Waals surface area contributed by atoms with Gasteiger partial charge in [0.2, 0.25) is 0 Å². The quantitative estimate of drug-likeness (QED) is 0.790. The number of aromatic nitrogens is 2. The lowest BCUT2D eigenvalue weighted by molar-refractivity contribution is 0.123. The summed E-state index contributed by atoms with van der Waals surface area (Å²) in [4.78, 5) is 3.36. The average Bonchev–Trinajstić information content (AvgIpc) is 3.16. The molecule has 0 bridgehead atoms. The van der Waals surface area contributed by atoms with Crippen molar-refractivity contribution in [3.05, 3.63) is 35.6 Å². The summed E-state index contributed by atoms with van der Waals surface area (Å²) in [6, 6.07) is 5.17. The van der Waals surface area contributed by atoms with Gasteiger partial charge >= 0.3 is 0 Å². The number of rotatable bonds is 2. The Bertz CT molecular complexity index is 776. The van der Waals surface area contributed by atoms with Crippen LogP contribution in [0.3, 0.4) is 0 Å². The Morgan fingerprint density at radius 1 is 1.24 bits per heavy atom. The lowest BCUT2D eigenvalue weighted by Gasteiger charge is -2.27. The van der Waals surface area contributed by atoms with Crippen LogP contribution < -0.4 is 4.90 Å². The number of thiophene rings is 1. The first kappa shape index (κ1) is 12.8. The zero-order valence-electron chi connectivity index (χ0n) is 11.3. The lowest BCUT2D eigenvalue weighted by atomic mass is 10.1. The number of nitrogens with one attached hydrogen (secondary N) is 1. The van der Waals surface area contributed by atoms with Gasteiger partial charge in [0.15, 0.2) is 0 Å². The molecule has 0 amide bonds. The van der Waals surface area contributed by atoms with Crippen molar-refractivity contribution < 1.29 is 9.13 Å². The van der Waals surface area contributed by atoms with Crippen LogP contribution in [0, 0.1) is 5.82 Å². The Morgan fingerprint density at radius 2 is 2.10 bits per heavy atom. The van der Waals surface area contributed by atoms with Crippen molar-refractivity contribution in [1.29, 1.82) is 0 Å². The maximum Gasteiger partial charge on any atom is 0.126 e. The van der Waals surface area contributed by atoms with Crippen molar-refractivity contribution in [2.24, 2.45) is 0 Å². The average molecular weight is 303 g/mol. The molecule has 0 radical (unpaired) electrons. The van der Waals surface area contributed by atoms with E-state index in [9.17, 15) is 4.39 Å². The van der Waals surface area contributed by atoms with Crippen LogP contribution in [0.15, 0.2) is 29.8 Å². The SMILES string of the molecule is Fc1cc(-c2cc(N3CCOCC3)cs2)c2cn[nH]c2c1. The fourth-order valence-electron chi connectivity index (χ4n) is 2.67. The standard InChI is InChI=1S/C15H14FN3OS/c16-10-5-12(13-8-17-18-14(13)6-10)15-7-11(9-21-15)19-1-3-20-4-2-19/h5-9H,1-4H2,(H,17,18). The lowest BCUT2D eigenvalue weighted by Crippen LogP contribution is -2.35. The Hall–Kier alpha value is -1.92. The Kier molecular flexibility index (Phi) is 3.12. The molecule has 1 aliphatic rings. The highest BCUT2D eigenvalue weighted by Crippen LogP contribution is 2.36. The maximum atomic E-state index is 13.8. The highest BCUT2D eigenvalue weighted by molar-refractivity contribution is 7.14. The molecule has 0 spiro atoms. The van der Waals surface area contributed by atoms with Crippen molar-refractivity contribution in [2.45, 2.75) is 0 Å². The molecule has 0 aliphatic carbocycles. The molecule has 6 heteroatoms. The van der Waals surface area contributed by atoms with Crippen LogP contribution in [0.2, 0.25) is 0 Å². The van der Waals surface area contributed by atoms with E-state index in [2.05, 4.69) is 26.5 Å². The van der Waals surface area contributed by atoms with E-state index in [-0.39, 0.29) is 5.82 Å². The van der Waals surface area contributed by atoms with Gasteiger partial charge in [-0.05, 0) is 18.2 Å². The van der Waals surface area contributed by atoms with E-state index in [0.29, 0.717) is 0 Å². The minimum atomic E-state index is -0.247. The summed E-state index contributed by atoms with van der Waals surface area (Å²) in [5, 5.41) is 9.91. The highest BCUT2D eigenvalue weighted by atomic mass is 32.1. The molecule has 108 valence electrons. The second kappa shape index (κ2) is 5.13. The molecule has 0 unspecified atom stereocenters. The van der Waals surface area contributed by atoms with Gasteiger partial charge in [0.05, 0.1) is 24.9 Å². The predicted octanol–water partition coefficient (Wildman–Crippen LogP) is 3.27. The van der Waals surface area contributed by atoms with Crippen LogP contribution in [0.1, 0.15) is 0 Å². The van der Waals surface area contributed by atoms with Gasteiger partial charge in [0, 0.05) is 40.0 Å². The molecular weight excluding hydrogens is 289 g/mol. The monoisotopic (exact) mass is 303 g/mol. The van der Waals surface area contributed by atoms with Gasteiger partial charge in [-0.1, -0.05) is 0 Å². The second-order valence-corrected chi connectivity index (χ2v) is 5.96. The summed E-state index contributed by atoms with van der Waals surface area (Å²) < 4.78 is 19.1. The van der Waals surface area contributed by atoms with Crippen molar-refractivity contribution in [3.63, 3.8) is 0 Å². The zero-order valence-corrected chi connectivity index (χ0v) is 12.1. The van der Waals surface area contributed by atoms with Gasteiger partial charge in [0.1, 0.15) is 5.82 Å². The number of hydrogen-bond acceptors (Lipinski definition) is 4. The van der Waals surface area contributed by atoms with E-state index in [1.54, 1.807) is 23.6 Å². The van der Waals surface area contributed by atoms with Crippen LogP contribution in [-0.2, 0) is 4.74 Å². The minimum Gasteiger partial charge on any atom is -0.378 e. The summed E-state index contributed by atoms with van der Waals surface area (Å²) in [5.41, 5.74) is 2.80. The number of morpholine rings is 1. The molecule has 3 aromatic rings. The van der Waals surface area contributed by atoms with Crippen LogP contribution in [0.5, 0.6) is 0 Å². The number of ether oxygens (including phenoxy) is 1. The normalized spacial score (nSPS) is 15.8. The summed E-state index contributed by atoms with van der Waals surface area (Å²) >= 11 is 1.63. The molecule has 1 fully saturated rings. The molecule has 3 heterocycles. The van der Waals surface area contributed by atoms with Crippen LogP contribution in [0.25, 0.3) is 21.3 Å². The highest BCUT2D eigenvalue weighted by Gasteiger charge is 2.15. The molecule has 0 saturated carbocycles. The zero-order chi connectivity index (χ0) is 14.2. The molecule has 1 N–H and O–H groups in total. The molecule has 0 atom stereocenters. The Balaban J connectivity index is 1.75. The Labute approximate surface area is 125 Å². The van der Waals surface area contributed by atoms with Crippen molar-refractivity contribution >= 4 is 27.9 Å². The number of fused-ring (bicyclic) bond motifs is 1. The van der Waals surface area contributed by atoms with E-state index < -0.39 is 0 Å². The smallest absolute Gasteiger partial charge is 0.126 e. The number of hydrogen-bond donors (Lipinski definition) is 1. The Morgan fingerprint density at radius 3 is 2.95 bits per heavy atom. The summed E-state index contributed by atoms with van der Waals surface area (Å²) in [5.74, 6) is -0.247. The van der Waals surface area contributed by atoms with Gasteiger partial charge in [0.25, 0.3) is 0 Å². The van der Waals surface area contributed by atoms with Gasteiger partial charge in [-0.25, -0.2) is 4.39 Å². The molecular formula is C15H14FN3OS. The largest absolute Gasteiger partial charge is 0.378 e. The van der Waals surface area contributed by atoms with E-state index >= 15 is 0 Å². The number of aromatic amines is 1. The third-order valence-corrected chi connectivity index (χ3v) is 4.70. The van der Waals surface area contributed by atoms with Crippen molar-refractivity contribution in [2.75, 3.05) is 31.2 Å². The fourth-order valence-corrected chi connectivity index (χ4v) is 3.62. The second-order valence-electron chi connectivity index (χ2n) is 5.05. The van der Waals surface area contributed by atoms with Crippen LogP contribution in [0.4, 0.5) is 10.1 Å². The van der Waals surface area contributed by atoms with Gasteiger partial charge in [-0.2, -0.15) is 5.10 Å². The number of nitrogens with zero attached hydrogens (tertiary/aromatic N) is 2. The third-order valence-electron chi connectivity index (χ3n) is 3.75. The molecule has 1 aromatic carbocycles. The number of H-pyrrole nitrogens is 1. The molecule has 21 heavy (non-hydrogen) atoms. The van der Waals surface area contributed by atoms with Crippen molar-refractivity contribution in [3.8, 4) is 10.4 Å². The number of halogens is 1. The fraction of sp³-hybridized carbons (Fsp3) is 0.267. The number of anilines is 1. The molecule has 4 nitrogen and oxygen atoms in total. The summed E-state index contributed by atoms with van der Waals surface area (Å²) in [6.45, 7) is 3.33. The maximum absolute atomic E-state index is 13.8. The van der Waals surface area contributed by atoms with Crippen molar-refractivity contribution in [1.82, 2.24) is 10.2 Å². The number of benzene rings is 1. The third kappa shape index (κ3) is 2.30. The van der Waals surface area contributed by atoms with E-state index in [4.69, 9.17) is 4.74 Å². The van der Waals surface area contributed by atoms with E-state index in [1.807, 2.05) is 0 Å². The summed E-state index contributed by atoms with van der Waals surface area (Å²) in [6.07, 6.45) is 1.75. The summed E-state index contributed by atoms with van der Waals surface area (Å²) in [7, 11) is 0. The molecule has 1 aliphatic heterocycles. The molecule has 4 rings (SSSR count). The van der Waals surface area contributed by atoms with Gasteiger partial charge in [-0.15, -0.1) is 11.3 Å². The minimum absolute atomic E-state index is 0.247. The molecule has 1 saturated heterocycles. The van der Waals surface area contributed by atoms with Crippen LogP contribution >= 0.6 is 11.3 Å². The first-order valence-electron chi connectivity index (χ1n) is 6.85. The van der Waals surface area contributed by atoms with E-state index in [1.165, 1.54) is 11.8 Å². The van der Waals surface area contributed by atoms with Crippen LogP contribution in [-0.4, -0.2) is 36.5 Å². The first-order chi connectivity index (χ1) is 10.3. The topological polar surface area (TPSA) is 41.1 Å². The molecule has 2 aromatic heterocycles. The predicted molar refractivity (Wildman–Crippen MR) is 82.4 cm³/mol. The van der Waals surface area contributed by atoms with E-state index in [0.717, 1.165) is 47.6 Å². The first-order valence-corrected chi connectivity index (χ1v) is 7.73. The van der Waals surface area contributed by atoms with Gasteiger partial charge < -0.3 is 9.64 Å². The van der Waals surface area contributed by atoms with Gasteiger partial charge in [-0.3, -0.25) is 5.10 Å².